The van der Waals surface area contributed by atoms with Crippen LogP contribution in [0.25, 0.3) is 22.2 Å². The molecule has 37 heavy (non-hydrogen) atoms. The predicted octanol–water partition coefficient (Wildman–Crippen LogP) is 3.19. The number of anilines is 1. The Labute approximate surface area is 216 Å². The second kappa shape index (κ2) is 12.6. The van der Waals surface area contributed by atoms with Crippen molar-refractivity contribution in [3.8, 4) is 11.1 Å². The average molecular weight is 506 g/mol. The van der Waals surface area contributed by atoms with Gasteiger partial charge in [0.25, 0.3) is 5.56 Å². The van der Waals surface area contributed by atoms with Gasteiger partial charge in [0, 0.05) is 49.0 Å². The molecule has 1 aliphatic rings. The van der Waals surface area contributed by atoms with Crippen molar-refractivity contribution >= 4 is 16.7 Å². The first-order chi connectivity index (χ1) is 18.0. The minimum absolute atomic E-state index is 0.0339. The molecule has 9 heteroatoms. The lowest BCUT2D eigenvalue weighted by molar-refractivity contribution is -0.0272. The molecule has 3 aromatic heterocycles. The average Bonchev–Trinajstić information content (AvgIpc) is 3.31. The van der Waals surface area contributed by atoms with Crippen LogP contribution >= 0.6 is 0 Å². The van der Waals surface area contributed by atoms with E-state index in [0.29, 0.717) is 26.2 Å². The summed E-state index contributed by atoms with van der Waals surface area (Å²) in [6, 6.07) is 5.75. The molecule has 4 rings (SSSR count). The highest BCUT2D eigenvalue weighted by atomic mass is 16.6. The van der Waals surface area contributed by atoms with Crippen LogP contribution in [0.5, 0.6) is 0 Å². The molecule has 1 saturated heterocycles. The number of hydrogen-bond acceptors (Lipinski definition) is 7. The molecule has 4 heterocycles. The number of hydrogen-bond donors (Lipinski definition) is 3. The zero-order valence-electron chi connectivity index (χ0n) is 21.4. The number of ether oxygens (including phenoxy) is 1. The number of aromatic amines is 1. The van der Waals surface area contributed by atoms with E-state index in [1.807, 2.05) is 56.7 Å². The van der Waals surface area contributed by atoms with Crippen LogP contribution in [0.15, 0.2) is 77.5 Å². The highest BCUT2D eigenvalue weighted by molar-refractivity contribution is 5.95. The molecule has 0 bridgehead atoms. The molecule has 196 valence electrons. The summed E-state index contributed by atoms with van der Waals surface area (Å²) in [6.07, 6.45) is 11.5. The maximum atomic E-state index is 13.0. The van der Waals surface area contributed by atoms with Crippen molar-refractivity contribution in [3.63, 3.8) is 0 Å². The van der Waals surface area contributed by atoms with Crippen LogP contribution < -0.4 is 15.9 Å². The SMILES string of the molecule is C=C(C)/C=C(\C=C/C)Cn1ccc(-c2c[nH]c3ncc(N4CCOC(CNOCCO)C4)cc23)cc1=O. The van der Waals surface area contributed by atoms with E-state index in [1.165, 1.54) is 0 Å². The van der Waals surface area contributed by atoms with Gasteiger partial charge in [0.05, 0.1) is 44.4 Å². The van der Waals surface area contributed by atoms with Gasteiger partial charge in [-0.3, -0.25) is 9.63 Å². The molecule has 0 amide bonds. The number of H-pyrrole nitrogens is 1. The van der Waals surface area contributed by atoms with E-state index < -0.39 is 0 Å². The summed E-state index contributed by atoms with van der Waals surface area (Å²) in [7, 11) is 0. The molecule has 3 aromatic rings. The van der Waals surface area contributed by atoms with Crippen molar-refractivity contribution in [3.05, 3.63) is 83.1 Å². The third-order valence-corrected chi connectivity index (χ3v) is 6.10. The lowest BCUT2D eigenvalue weighted by atomic mass is 10.1. The maximum absolute atomic E-state index is 13.0. The van der Waals surface area contributed by atoms with Gasteiger partial charge in [-0.1, -0.05) is 30.4 Å². The number of fused-ring (bicyclic) bond motifs is 1. The van der Waals surface area contributed by atoms with Crippen LogP contribution in [-0.2, 0) is 16.1 Å². The zero-order chi connectivity index (χ0) is 26.2. The van der Waals surface area contributed by atoms with Crippen molar-refractivity contribution in [1.29, 1.82) is 0 Å². The summed E-state index contributed by atoms with van der Waals surface area (Å²) >= 11 is 0. The maximum Gasteiger partial charge on any atom is 0.251 e. The van der Waals surface area contributed by atoms with E-state index >= 15 is 0 Å². The third kappa shape index (κ3) is 6.84. The van der Waals surface area contributed by atoms with Crippen LogP contribution in [0.4, 0.5) is 5.69 Å². The molecular formula is C28H35N5O4. The molecule has 0 aromatic carbocycles. The standard InChI is InChI=1S/C28H35N5O4/c1-4-5-21(12-20(2)3)18-33-7-6-22(13-27(33)35)26-17-30-28-25(26)14-23(15-29-28)32-8-10-36-24(19-32)16-31-37-11-9-34/h4-7,12-15,17,24,31,34H,2,8-11,16,18-19H2,1,3H3,(H,29,30)/b5-4-,21-12+. The second-order valence-corrected chi connectivity index (χ2v) is 9.10. The fraction of sp³-hybridized carbons (Fsp3) is 0.357. The van der Waals surface area contributed by atoms with Gasteiger partial charge in [-0.25, -0.2) is 4.98 Å². The van der Waals surface area contributed by atoms with E-state index in [9.17, 15) is 4.79 Å². The third-order valence-electron chi connectivity index (χ3n) is 6.10. The second-order valence-electron chi connectivity index (χ2n) is 9.10. The number of aliphatic hydroxyl groups excluding tert-OH is 1. The number of pyridine rings is 2. The predicted molar refractivity (Wildman–Crippen MR) is 146 cm³/mol. The first kappa shape index (κ1) is 26.6. The Morgan fingerprint density at radius 3 is 3.05 bits per heavy atom. The number of nitrogens with zero attached hydrogens (tertiary/aromatic N) is 3. The van der Waals surface area contributed by atoms with Gasteiger partial charge in [0.2, 0.25) is 0 Å². The summed E-state index contributed by atoms with van der Waals surface area (Å²) in [6.45, 7) is 11.1. The summed E-state index contributed by atoms with van der Waals surface area (Å²) < 4.78 is 7.54. The lowest BCUT2D eigenvalue weighted by Gasteiger charge is -2.34. The van der Waals surface area contributed by atoms with E-state index in [0.717, 1.165) is 45.5 Å². The summed E-state index contributed by atoms with van der Waals surface area (Å²) in [5, 5.41) is 9.80. The van der Waals surface area contributed by atoms with Crippen molar-refractivity contribution in [2.24, 2.45) is 0 Å². The molecule has 1 aliphatic heterocycles. The topological polar surface area (TPSA) is 105 Å². The van der Waals surface area contributed by atoms with E-state index in [1.54, 1.807) is 10.6 Å². The molecule has 0 aliphatic carbocycles. The van der Waals surface area contributed by atoms with Crippen molar-refractivity contribution < 1.29 is 14.7 Å². The number of allylic oxidation sites excluding steroid dienone is 5. The molecule has 1 atom stereocenters. The van der Waals surface area contributed by atoms with Crippen LogP contribution in [0.3, 0.4) is 0 Å². The van der Waals surface area contributed by atoms with Gasteiger partial charge in [0.1, 0.15) is 5.65 Å². The highest BCUT2D eigenvalue weighted by Crippen LogP contribution is 2.30. The summed E-state index contributed by atoms with van der Waals surface area (Å²) in [5.41, 5.74) is 8.28. The van der Waals surface area contributed by atoms with Gasteiger partial charge in [-0.05, 0) is 37.1 Å². The zero-order valence-corrected chi connectivity index (χ0v) is 21.4. The number of aliphatic hydroxyl groups is 1. The Morgan fingerprint density at radius 2 is 2.30 bits per heavy atom. The van der Waals surface area contributed by atoms with Crippen LogP contribution in [0.1, 0.15) is 13.8 Å². The minimum Gasteiger partial charge on any atom is -0.394 e. The molecule has 0 saturated carbocycles. The van der Waals surface area contributed by atoms with Gasteiger partial charge in [-0.2, -0.15) is 5.48 Å². The summed E-state index contributed by atoms with van der Waals surface area (Å²) in [5.74, 6) is 0. The molecular weight excluding hydrogens is 470 g/mol. The number of aromatic nitrogens is 3. The van der Waals surface area contributed by atoms with Crippen LogP contribution in [-0.4, -0.2) is 65.2 Å². The van der Waals surface area contributed by atoms with Crippen molar-refractivity contribution in [2.75, 3.05) is 44.4 Å². The largest absolute Gasteiger partial charge is 0.394 e. The monoisotopic (exact) mass is 505 g/mol. The van der Waals surface area contributed by atoms with E-state index in [2.05, 4.69) is 33.0 Å². The normalized spacial score (nSPS) is 16.7. The summed E-state index contributed by atoms with van der Waals surface area (Å²) in [4.78, 5) is 28.2. The molecule has 0 spiro atoms. The van der Waals surface area contributed by atoms with Crippen molar-refractivity contribution in [2.45, 2.75) is 26.5 Å². The fourth-order valence-corrected chi connectivity index (χ4v) is 4.43. The van der Waals surface area contributed by atoms with E-state index in [4.69, 9.17) is 14.7 Å². The highest BCUT2D eigenvalue weighted by Gasteiger charge is 2.22. The molecule has 1 unspecified atom stereocenters. The Kier molecular flexibility index (Phi) is 9.08. The number of hydroxylamine groups is 1. The number of morpholine rings is 1. The lowest BCUT2D eigenvalue weighted by Crippen LogP contribution is -2.46. The number of nitrogens with one attached hydrogen (secondary N) is 2. The van der Waals surface area contributed by atoms with Gasteiger partial charge >= 0.3 is 0 Å². The molecule has 0 radical (unpaired) electrons. The Hall–Kier alpha value is -3.50. The van der Waals surface area contributed by atoms with Gasteiger partial charge in [0.15, 0.2) is 0 Å². The minimum atomic E-state index is -0.0694. The molecule has 1 fully saturated rings. The Bertz CT molecular complexity index is 1340. The van der Waals surface area contributed by atoms with Crippen LogP contribution in [0, 0.1) is 0 Å². The van der Waals surface area contributed by atoms with Crippen LogP contribution in [0.2, 0.25) is 0 Å². The first-order valence-corrected chi connectivity index (χ1v) is 12.5. The number of rotatable bonds is 11. The van der Waals surface area contributed by atoms with Gasteiger partial charge < -0.3 is 24.3 Å². The van der Waals surface area contributed by atoms with Gasteiger partial charge in [-0.15, -0.1) is 0 Å². The first-order valence-electron chi connectivity index (χ1n) is 12.5. The molecule has 9 nitrogen and oxygen atoms in total. The Morgan fingerprint density at radius 1 is 1.43 bits per heavy atom. The van der Waals surface area contributed by atoms with E-state index in [-0.39, 0.29) is 24.9 Å². The quantitative estimate of drug-likeness (QED) is 0.209. The fourth-order valence-electron chi connectivity index (χ4n) is 4.43. The Balaban J connectivity index is 1.54. The molecule has 3 N–H and O–H groups in total. The van der Waals surface area contributed by atoms with Crippen molar-refractivity contribution in [1.82, 2.24) is 20.0 Å². The smallest absolute Gasteiger partial charge is 0.251 e.